The molecule has 0 radical (unpaired) electrons. The number of aryl methyl sites for hydroxylation is 1. The molecule has 7 heteroatoms. The molecule has 0 unspecified atom stereocenters. The molecule has 0 spiro atoms. The van der Waals surface area contributed by atoms with Crippen molar-refractivity contribution < 1.29 is 23.9 Å². The zero-order valence-electron chi connectivity index (χ0n) is 27.1. The SMILES string of the molecule is COc1ccc(C2=C(c3ccc(OC)cc3)[C@]3(c4ccccc4)C(=O)[C@]2(c2ccccc2)[C@@H]2C(=O)N(c4cc(Cl)ccc4C)C(=O)[C@@H]23)cc1. The summed E-state index contributed by atoms with van der Waals surface area (Å²) in [7, 11) is 3.21. The molecule has 2 fully saturated rings. The molecule has 1 saturated carbocycles. The van der Waals surface area contributed by atoms with Crippen LogP contribution in [0, 0.1) is 18.8 Å². The van der Waals surface area contributed by atoms with Crippen molar-refractivity contribution in [2.45, 2.75) is 17.8 Å². The summed E-state index contributed by atoms with van der Waals surface area (Å²) in [5, 5.41) is 0.406. The maximum atomic E-state index is 16.1. The molecule has 1 aliphatic heterocycles. The smallest absolute Gasteiger partial charge is 0.239 e. The van der Waals surface area contributed by atoms with Crippen LogP contribution in [0.4, 0.5) is 5.69 Å². The van der Waals surface area contributed by atoms with Crippen LogP contribution >= 0.6 is 11.6 Å². The number of ketones is 1. The molecule has 49 heavy (non-hydrogen) atoms. The lowest BCUT2D eigenvalue weighted by molar-refractivity contribution is -0.130. The molecule has 6 nitrogen and oxygen atoms in total. The van der Waals surface area contributed by atoms with E-state index in [1.165, 1.54) is 4.90 Å². The summed E-state index contributed by atoms with van der Waals surface area (Å²) in [4.78, 5) is 47.7. The third-order valence-corrected chi connectivity index (χ3v) is 10.9. The van der Waals surface area contributed by atoms with E-state index in [1.54, 1.807) is 32.4 Å². The van der Waals surface area contributed by atoms with Crippen molar-refractivity contribution >= 4 is 46.0 Å². The first-order chi connectivity index (χ1) is 23.8. The summed E-state index contributed by atoms with van der Waals surface area (Å²) in [5.41, 5.74) is 2.37. The molecule has 1 saturated heterocycles. The summed E-state index contributed by atoms with van der Waals surface area (Å²) >= 11 is 6.47. The van der Waals surface area contributed by atoms with Gasteiger partial charge in [-0.2, -0.15) is 0 Å². The van der Waals surface area contributed by atoms with Crippen LogP contribution in [0.2, 0.25) is 5.02 Å². The highest BCUT2D eigenvalue weighted by atomic mass is 35.5. The fraction of sp³-hybridized carbons (Fsp3) is 0.167. The quantitative estimate of drug-likeness (QED) is 0.166. The minimum Gasteiger partial charge on any atom is -0.497 e. The molecule has 2 aliphatic carbocycles. The largest absolute Gasteiger partial charge is 0.497 e. The average molecular weight is 666 g/mol. The highest BCUT2D eigenvalue weighted by Gasteiger charge is 2.82. The molecular weight excluding hydrogens is 634 g/mol. The minimum absolute atomic E-state index is 0.187. The Bertz CT molecular complexity index is 2050. The molecule has 5 aromatic carbocycles. The predicted octanol–water partition coefficient (Wildman–Crippen LogP) is 7.85. The Morgan fingerprint density at radius 2 is 1.02 bits per heavy atom. The molecule has 1 heterocycles. The third-order valence-electron chi connectivity index (χ3n) is 10.6. The van der Waals surface area contributed by atoms with Gasteiger partial charge in [-0.25, -0.2) is 4.90 Å². The number of allylic oxidation sites excluding steroid dienone is 2. The van der Waals surface area contributed by atoms with Gasteiger partial charge in [0.05, 0.1) is 42.6 Å². The van der Waals surface area contributed by atoms with Crippen LogP contribution in [0.3, 0.4) is 0 Å². The number of hydrogen-bond acceptors (Lipinski definition) is 5. The van der Waals surface area contributed by atoms with Gasteiger partial charge in [0.25, 0.3) is 0 Å². The average Bonchev–Trinajstić information content (AvgIpc) is 3.65. The molecule has 0 N–H and O–H groups in total. The number of methoxy groups -OCH3 is 2. The Morgan fingerprint density at radius 3 is 1.43 bits per heavy atom. The predicted molar refractivity (Wildman–Crippen MR) is 190 cm³/mol. The van der Waals surface area contributed by atoms with Crippen molar-refractivity contribution in [2.24, 2.45) is 11.8 Å². The molecule has 8 rings (SSSR count). The first kappa shape index (κ1) is 30.8. The second-order valence-electron chi connectivity index (χ2n) is 12.8. The van der Waals surface area contributed by atoms with Crippen LogP contribution in [0.1, 0.15) is 27.8 Å². The van der Waals surface area contributed by atoms with Gasteiger partial charge in [0.15, 0.2) is 5.78 Å². The second kappa shape index (κ2) is 11.3. The number of fused-ring (bicyclic) bond motifs is 5. The van der Waals surface area contributed by atoms with Crippen LogP contribution in [-0.2, 0) is 25.2 Å². The van der Waals surface area contributed by atoms with E-state index in [0.717, 1.165) is 16.7 Å². The number of hydrogen-bond donors (Lipinski definition) is 0. The van der Waals surface area contributed by atoms with Gasteiger partial charge in [-0.05, 0) is 82.3 Å². The summed E-state index contributed by atoms with van der Waals surface area (Å²) in [6.45, 7) is 1.85. The molecular formula is C42H32ClNO5. The van der Waals surface area contributed by atoms with E-state index >= 15 is 14.4 Å². The number of nitrogens with zero attached hydrogens (tertiary/aromatic N) is 1. The lowest BCUT2D eigenvalue weighted by Gasteiger charge is -2.39. The van der Waals surface area contributed by atoms with Gasteiger partial charge in [0.2, 0.25) is 11.8 Å². The Labute approximate surface area is 289 Å². The third kappa shape index (κ3) is 4.04. The Balaban J connectivity index is 1.55. The molecule has 242 valence electrons. The number of ether oxygens (including phenoxy) is 2. The van der Waals surface area contributed by atoms with E-state index in [2.05, 4.69) is 0 Å². The fourth-order valence-corrected chi connectivity index (χ4v) is 8.87. The first-order valence-electron chi connectivity index (χ1n) is 16.1. The minimum atomic E-state index is -1.51. The van der Waals surface area contributed by atoms with Crippen LogP contribution in [0.5, 0.6) is 11.5 Å². The summed E-state index contributed by atoms with van der Waals surface area (Å²) in [6.07, 6.45) is 0. The zero-order valence-corrected chi connectivity index (χ0v) is 27.9. The Hall–Kier alpha value is -5.46. The molecule has 5 aromatic rings. The maximum absolute atomic E-state index is 16.1. The monoisotopic (exact) mass is 665 g/mol. The van der Waals surface area contributed by atoms with Crippen LogP contribution in [-0.4, -0.2) is 31.8 Å². The lowest BCUT2D eigenvalue weighted by Crippen LogP contribution is -2.45. The molecule has 3 aliphatic rings. The summed E-state index contributed by atoms with van der Waals surface area (Å²) in [6, 6.07) is 39.3. The highest BCUT2D eigenvalue weighted by Crippen LogP contribution is 2.74. The molecule has 4 atom stereocenters. The molecule has 0 aromatic heterocycles. The van der Waals surface area contributed by atoms with E-state index in [0.29, 0.717) is 44.5 Å². The Morgan fingerprint density at radius 1 is 0.592 bits per heavy atom. The molecule has 2 amide bonds. The maximum Gasteiger partial charge on any atom is 0.239 e. The number of halogens is 1. The van der Waals surface area contributed by atoms with Crippen molar-refractivity contribution in [1.29, 1.82) is 0 Å². The van der Waals surface area contributed by atoms with Gasteiger partial charge in [0, 0.05) is 5.02 Å². The molecule has 2 bridgehead atoms. The van der Waals surface area contributed by atoms with Crippen LogP contribution in [0.15, 0.2) is 127 Å². The first-order valence-corrected chi connectivity index (χ1v) is 16.5. The second-order valence-corrected chi connectivity index (χ2v) is 13.2. The van der Waals surface area contributed by atoms with E-state index in [4.69, 9.17) is 21.1 Å². The van der Waals surface area contributed by atoms with Gasteiger partial charge in [-0.15, -0.1) is 0 Å². The zero-order chi connectivity index (χ0) is 34.1. The number of carbonyl (C=O) groups excluding carboxylic acids is 3. The van der Waals surface area contributed by atoms with Gasteiger partial charge in [-0.1, -0.05) is 103 Å². The summed E-state index contributed by atoms with van der Waals surface area (Å²) < 4.78 is 11.0. The van der Waals surface area contributed by atoms with Crippen molar-refractivity contribution in [3.05, 3.63) is 160 Å². The highest BCUT2D eigenvalue weighted by molar-refractivity contribution is 6.39. The van der Waals surface area contributed by atoms with E-state index in [1.807, 2.05) is 116 Å². The van der Waals surface area contributed by atoms with Crippen molar-refractivity contribution in [3.63, 3.8) is 0 Å². The van der Waals surface area contributed by atoms with Crippen molar-refractivity contribution in [2.75, 3.05) is 19.1 Å². The van der Waals surface area contributed by atoms with E-state index < -0.39 is 34.5 Å². The van der Waals surface area contributed by atoms with E-state index in [-0.39, 0.29) is 5.78 Å². The van der Waals surface area contributed by atoms with Crippen molar-refractivity contribution in [1.82, 2.24) is 0 Å². The van der Waals surface area contributed by atoms with Gasteiger partial charge < -0.3 is 9.47 Å². The number of carbonyl (C=O) groups is 3. The number of rotatable bonds is 7. The van der Waals surface area contributed by atoms with Gasteiger partial charge in [0.1, 0.15) is 11.5 Å². The van der Waals surface area contributed by atoms with E-state index in [9.17, 15) is 0 Å². The number of amides is 2. The topological polar surface area (TPSA) is 72.9 Å². The van der Waals surface area contributed by atoms with Crippen LogP contribution in [0.25, 0.3) is 11.1 Å². The Kier molecular flexibility index (Phi) is 7.12. The van der Waals surface area contributed by atoms with Crippen molar-refractivity contribution in [3.8, 4) is 11.5 Å². The summed E-state index contributed by atoms with van der Waals surface area (Å²) in [5.74, 6) is -1.79. The standard InChI is InChI=1S/C42H32ClNO5/c1-25-14-19-30(43)24-33(25)44-38(45)36-37(39(44)46)42(29-12-8-5-9-13-29)35(27-17-22-32(49-3)23-18-27)34(26-15-20-31(48-2)21-16-26)41(36,40(42)47)28-10-6-4-7-11-28/h4-24,36-37H,1-3H3/t36-,37+,41-,42-/m0/s1. The lowest BCUT2D eigenvalue weighted by atomic mass is 9.59. The number of anilines is 1. The van der Waals surface area contributed by atoms with Gasteiger partial charge >= 0.3 is 0 Å². The van der Waals surface area contributed by atoms with Gasteiger partial charge in [-0.3, -0.25) is 14.4 Å². The number of Topliss-reactive ketones (excluding diaryl/α,β-unsaturated/α-hetero) is 1. The number of imide groups is 1. The number of benzene rings is 5. The fourth-order valence-electron chi connectivity index (χ4n) is 8.70. The normalized spacial score (nSPS) is 24.1. The van der Waals surface area contributed by atoms with Crippen LogP contribution < -0.4 is 14.4 Å².